The molecule has 84 valence electrons. The van der Waals surface area contributed by atoms with Crippen molar-refractivity contribution in [1.82, 2.24) is 4.90 Å². The number of rotatable bonds is 0. The maximum absolute atomic E-state index is 11.9. The number of likely N-dealkylation sites (tertiary alicyclic amines) is 1. The number of carbonyl (C=O) groups excluding carboxylic acids is 1. The Kier molecular flexibility index (Phi) is 2.67. The number of Topliss-reactive ketones (excluding diaryl/α,β-unsaturated/α-hetero) is 1. The lowest BCUT2D eigenvalue weighted by molar-refractivity contribution is -0.134. The van der Waals surface area contributed by atoms with Gasteiger partial charge in [0.25, 0.3) is 0 Å². The summed E-state index contributed by atoms with van der Waals surface area (Å²) in [5, 5.41) is 8.83. The Balaban J connectivity index is 2.01. The molecule has 4 nitrogen and oxygen atoms in total. The van der Waals surface area contributed by atoms with Crippen LogP contribution in [-0.2, 0) is 4.79 Å². The van der Waals surface area contributed by atoms with Gasteiger partial charge >= 0.3 is 6.09 Å². The molecule has 1 aliphatic carbocycles. The van der Waals surface area contributed by atoms with Gasteiger partial charge in [0.1, 0.15) is 5.78 Å². The third-order valence-corrected chi connectivity index (χ3v) is 3.89. The summed E-state index contributed by atoms with van der Waals surface area (Å²) in [5.41, 5.74) is -0.162. The van der Waals surface area contributed by atoms with Crippen molar-refractivity contribution in [3.63, 3.8) is 0 Å². The zero-order chi connectivity index (χ0) is 10.9. The summed E-state index contributed by atoms with van der Waals surface area (Å²) in [5.74, 6) is 0.374. The number of carboxylic acid groups (broad SMARTS) is 1. The van der Waals surface area contributed by atoms with Crippen LogP contribution in [-0.4, -0.2) is 35.0 Å². The molecule has 1 N–H and O–H groups in total. The van der Waals surface area contributed by atoms with E-state index in [2.05, 4.69) is 0 Å². The Morgan fingerprint density at radius 1 is 1.20 bits per heavy atom. The minimum absolute atomic E-state index is 0.162. The smallest absolute Gasteiger partial charge is 0.407 e. The van der Waals surface area contributed by atoms with Gasteiger partial charge in [0.05, 0.1) is 0 Å². The predicted molar refractivity (Wildman–Crippen MR) is 54.7 cm³/mol. The summed E-state index contributed by atoms with van der Waals surface area (Å²) in [6.07, 6.45) is 4.43. The van der Waals surface area contributed by atoms with Gasteiger partial charge in [-0.15, -0.1) is 0 Å². The standard InChI is InChI=1S/C11H17NO3/c13-9-3-1-2-4-11(9)5-7-12(8-6-11)10(14)15/h1-8H2,(H,14,15). The van der Waals surface area contributed by atoms with E-state index in [0.717, 1.165) is 32.1 Å². The molecule has 0 unspecified atom stereocenters. The van der Waals surface area contributed by atoms with Crippen LogP contribution < -0.4 is 0 Å². The topological polar surface area (TPSA) is 57.6 Å². The zero-order valence-electron chi connectivity index (χ0n) is 8.87. The lowest BCUT2D eigenvalue weighted by Gasteiger charge is -2.42. The molecule has 0 atom stereocenters. The molecular formula is C11H17NO3. The average molecular weight is 211 g/mol. The van der Waals surface area contributed by atoms with Crippen molar-refractivity contribution in [3.8, 4) is 0 Å². The third-order valence-electron chi connectivity index (χ3n) is 3.89. The van der Waals surface area contributed by atoms with Gasteiger partial charge in [-0.2, -0.15) is 0 Å². The summed E-state index contributed by atoms with van der Waals surface area (Å²) in [7, 11) is 0. The van der Waals surface area contributed by atoms with Crippen LogP contribution in [0.2, 0.25) is 0 Å². The molecule has 0 radical (unpaired) electrons. The Morgan fingerprint density at radius 2 is 1.87 bits per heavy atom. The van der Waals surface area contributed by atoms with Crippen LogP contribution >= 0.6 is 0 Å². The molecule has 15 heavy (non-hydrogen) atoms. The van der Waals surface area contributed by atoms with Crippen molar-refractivity contribution in [3.05, 3.63) is 0 Å². The van der Waals surface area contributed by atoms with Crippen molar-refractivity contribution in [2.75, 3.05) is 13.1 Å². The lowest BCUT2D eigenvalue weighted by atomic mass is 9.67. The largest absolute Gasteiger partial charge is 0.465 e. The maximum atomic E-state index is 11.9. The molecule has 0 aromatic carbocycles. The normalized spacial score (nSPS) is 25.6. The van der Waals surface area contributed by atoms with E-state index in [-0.39, 0.29) is 5.41 Å². The molecule has 1 saturated heterocycles. The van der Waals surface area contributed by atoms with E-state index < -0.39 is 6.09 Å². The minimum Gasteiger partial charge on any atom is -0.465 e. The van der Waals surface area contributed by atoms with Gasteiger partial charge in [-0.3, -0.25) is 4.79 Å². The van der Waals surface area contributed by atoms with E-state index in [0.29, 0.717) is 25.3 Å². The third kappa shape index (κ3) is 1.85. The molecule has 1 heterocycles. The van der Waals surface area contributed by atoms with Gasteiger partial charge in [0, 0.05) is 24.9 Å². The van der Waals surface area contributed by atoms with Gasteiger partial charge in [-0.25, -0.2) is 4.79 Å². The van der Waals surface area contributed by atoms with Gasteiger partial charge < -0.3 is 10.0 Å². The Hall–Kier alpha value is -1.06. The van der Waals surface area contributed by atoms with E-state index >= 15 is 0 Å². The highest BCUT2D eigenvalue weighted by Gasteiger charge is 2.42. The highest BCUT2D eigenvalue weighted by Crippen LogP contribution is 2.41. The molecular weight excluding hydrogens is 194 g/mol. The van der Waals surface area contributed by atoms with Gasteiger partial charge in [-0.1, -0.05) is 6.42 Å². The van der Waals surface area contributed by atoms with Gasteiger partial charge in [0.2, 0.25) is 0 Å². The molecule has 1 spiro atoms. The molecule has 0 aromatic rings. The second-order valence-electron chi connectivity index (χ2n) is 4.68. The number of amides is 1. The first-order chi connectivity index (χ1) is 7.14. The minimum atomic E-state index is -0.854. The molecule has 1 saturated carbocycles. The van der Waals surface area contributed by atoms with Crippen LogP contribution in [0.3, 0.4) is 0 Å². The SMILES string of the molecule is O=C(O)N1CCC2(CCCCC2=O)CC1. The predicted octanol–water partition coefficient (Wildman–Crippen LogP) is 1.89. The first-order valence-corrected chi connectivity index (χ1v) is 5.65. The van der Waals surface area contributed by atoms with Crippen LogP contribution in [0.5, 0.6) is 0 Å². The number of hydrogen-bond acceptors (Lipinski definition) is 2. The average Bonchev–Trinajstić information content (AvgIpc) is 2.23. The second kappa shape index (κ2) is 3.83. The van der Waals surface area contributed by atoms with Crippen LogP contribution in [0.4, 0.5) is 4.79 Å². The highest BCUT2D eigenvalue weighted by molar-refractivity contribution is 5.85. The summed E-state index contributed by atoms with van der Waals surface area (Å²) in [4.78, 5) is 24.1. The molecule has 2 rings (SSSR count). The van der Waals surface area contributed by atoms with E-state index in [4.69, 9.17) is 5.11 Å². The molecule has 0 aromatic heterocycles. The quantitative estimate of drug-likeness (QED) is 0.665. The number of ketones is 1. The zero-order valence-corrected chi connectivity index (χ0v) is 8.87. The lowest BCUT2D eigenvalue weighted by Crippen LogP contribution is -2.47. The number of nitrogens with zero attached hydrogens (tertiary/aromatic N) is 1. The van der Waals surface area contributed by atoms with Crippen molar-refractivity contribution in [2.24, 2.45) is 5.41 Å². The van der Waals surface area contributed by atoms with E-state index in [1.54, 1.807) is 0 Å². The molecule has 1 aliphatic heterocycles. The van der Waals surface area contributed by atoms with Gasteiger partial charge in [-0.05, 0) is 25.7 Å². The highest BCUT2D eigenvalue weighted by atomic mass is 16.4. The maximum Gasteiger partial charge on any atom is 0.407 e. The van der Waals surface area contributed by atoms with Gasteiger partial charge in [0.15, 0.2) is 0 Å². The number of piperidine rings is 1. The van der Waals surface area contributed by atoms with E-state index in [9.17, 15) is 9.59 Å². The first kappa shape index (κ1) is 10.5. The fourth-order valence-corrected chi connectivity index (χ4v) is 2.81. The monoisotopic (exact) mass is 211 g/mol. The molecule has 2 aliphatic rings. The van der Waals surface area contributed by atoms with Crippen LogP contribution in [0.15, 0.2) is 0 Å². The number of hydrogen-bond donors (Lipinski definition) is 1. The second-order valence-corrected chi connectivity index (χ2v) is 4.68. The Labute approximate surface area is 89.3 Å². The van der Waals surface area contributed by atoms with Crippen molar-refractivity contribution < 1.29 is 14.7 Å². The molecule has 0 bridgehead atoms. The molecule has 1 amide bonds. The molecule has 4 heteroatoms. The van der Waals surface area contributed by atoms with E-state index in [1.807, 2.05) is 0 Å². The van der Waals surface area contributed by atoms with Crippen molar-refractivity contribution in [2.45, 2.75) is 38.5 Å². The van der Waals surface area contributed by atoms with Crippen LogP contribution in [0.1, 0.15) is 38.5 Å². The van der Waals surface area contributed by atoms with Crippen molar-refractivity contribution in [1.29, 1.82) is 0 Å². The number of carbonyl (C=O) groups is 2. The van der Waals surface area contributed by atoms with Crippen LogP contribution in [0, 0.1) is 5.41 Å². The Bertz CT molecular complexity index is 280. The van der Waals surface area contributed by atoms with Crippen LogP contribution in [0.25, 0.3) is 0 Å². The first-order valence-electron chi connectivity index (χ1n) is 5.65. The molecule has 2 fully saturated rings. The van der Waals surface area contributed by atoms with Crippen molar-refractivity contribution >= 4 is 11.9 Å². The Morgan fingerprint density at radius 3 is 2.40 bits per heavy atom. The summed E-state index contributed by atoms with van der Waals surface area (Å²) in [6, 6.07) is 0. The fraction of sp³-hybridized carbons (Fsp3) is 0.818. The fourth-order valence-electron chi connectivity index (χ4n) is 2.81. The summed E-state index contributed by atoms with van der Waals surface area (Å²) >= 11 is 0. The summed E-state index contributed by atoms with van der Waals surface area (Å²) in [6.45, 7) is 1.06. The van der Waals surface area contributed by atoms with E-state index in [1.165, 1.54) is 4.90 Å². The summed E-state index contributed by atoms with van der Waals surface area (Å²) < 4.78 is 0.